The van der Waals surface area contributed by atoms with Crippen LogP contribution in [-0.2, 0) is 27.0 Å². The van der Waals surface area contributed by atoms with Gasteiger partial charge in [0.15, 0.2) is 0 Å². The summed E-state index contributed by atoms with van der Waals surface area (Å²) in [6.45, 7) is 3.26. The Bertz CT molecular complexity index is 677. The molecule has 0 N–H and O–H groups in total. The Kier molecular flexibility index (Phi) is 3.96. The topological polar surface area (TPSA) is 75.6 Å². The van der Waals surface area contributed by atoms with Crippen molar-refractivity contribution in [3.8, 4) is 0 Å². The van der Waals surface area contributed by atoms with E-state index in [1.165, 1.54) is 8.61 Å². The summed E-state index contributed by atoms with van der Waals surface area (Å²) in [7, 11) is -0.336. The predicted molar refractivity (Wildman–Crippen MR) is 81.5 cm³/mol. The molecule has 1 aromatic heterocycles. The first-order chi connectivity index (χ1) is 10.3. The highest BCUT2D eigenvalue weighted by Crippen LogP contribution is 2.39. The highest BCUT2D eigenvalue weighted by atomic mass is 32.2. The fourth-order valence-corrected chi connectivity index (χ4v) is 4.41. The van der Waals surface area contributed by atoms with E-state index in [4.69, 9.17) is 4.74 Å². The van der Waals surface area contributed by atoms with Crippen LogP contribution in [0.3, 0.4) is 0 Å². The molecule has 1 atom stereocenters. The van der Waals surface area contributed by atoms with Gasteiger partial charge >= 0.3 is 0 Å². The Morgan fingerprint density at radius 3 is 2.91 bits per heavy atom. The lowest BCUT2D eigenvalue weighted by molar-refractivity contribution is -0.0941. The molecule has 1 saturated heterocycles. The van der Waals surface area contributed by atoms with Crippen LogP contribution in [0.5, 0.6) is 0 Å². The highest BCUT2D eigenvalue weighted by Gasteiger charge is 2.46. The zero-order valence-electron chi connectivity index (χ0n) is 13.2. The van der Waals surface area contributed by atoms with Crippen molar-refractivity contribution >= 4 is 10.2 Å². The van der Waals surface area contributed by atoms with Crippen LogP contribution in [0.15, 0.2) is 6.20 Å². The lowest BCUT2D eigenvalue weighted by Gasteiger charge is -2.44. The average molecular weight is 326 g/mol. The molecule has 3 rings (SSSR count). The van der Waals surface area contributed by atoms with Crippen LogP contribution >= 0.6 is 0 Å². The highest BCUT2D eigenvalue weighted by molar-refractivity contribution is 7.86. The van der Waals surface area contributed by atoms with Crippen molar-refractivity contribution in [1.82, 2.24) is 18.6 Å². The van der Waals surface area contributed by atoms with Crippen LogP contribution < -0.4 is 0 Å². The summed E-state index contributed by atoms with van der Waals surface area (Å²) in [6, 6.07) is 0. The van der Waals surface area contributed by atoms with Crippen molar-refractivity contribution < 1.29 is 13.2 Å². The lowest BCUT2D eigenvalue weighted by Crippen LogP contribution is -2.54. The van der Waals surface area contributed by atoms with Gasteiger partial charge in [-0.1, -0.05) is 0 Å². The molecule has 1 fully saturated rings. The van der Waals surface area contributed by atoms with E-state index in [1.54, 1.807) is 14.1 Å². The second-order valence-corrected chi connectivity index (χ2v) is 8.25. The van der Waals surface area contributed by atoms with E-state index in [-0.39, 0.29) is 0 Å². The van der Waals surface area contributed by atoms with Gasteiger partial charge in [0.05, 0.1) is 12.3 Å². The molecule has 0 saturated carbocycles. The number of hydrogen-bond donors (Lipinski definition) is 0. The molecule has 2 aliphatic heterocycles. The van der Waals surface area contributed by atoms with Gasteiger partial charge < -0.3 is 4.74 Å². The molecular formula is C14H22N4O3S. The summed E-state index contributed by atoms with van der Waals surface area (Å²) >= 11 is 0. The number of fused-ring (bicyclic) bond motifs is 2. The maximum absolute atomic E-state index is 12.5. The molecule has 0 bridgehead atoms. The fraction of sp³-hybridized carbons (Fsp3) is 0.714. The van der Waals surface area contributed by atoms with Crippen LogP contribution in [0, 0.1) is 6.92 Å². The summed E-state index contributed by atoms with van der Waals surface area (Å²) in [5.74, 6) is 0.691. The van der Waals surface area contributed by atoms with Gasteiger partial charge in [-0.2, -0.15) is 17.0 Å². The molecule has 1 aromatic rings. The summed E-state index contributed by atoms with van der Waals surface area (Å²) in [4.78, 5) is 8.84. The molecule has 8 heteroatoms. The Balaban J connectivity index is 2.00. The average Bonchev–Trinajstić information content (AvgIpc) is 2.48. The molecule has 0 aliphatic carbocycles. The van der Waals surface area contributed by atoms with Crippen LogP contribution in [-0.4, -0.2) is 60.8 Å². The first-order valence-electron chi connectivity index (χ1n) is 7.50. The van der Waals surface area contributed by atoms with E-state index >= 15 is 0 Å². The second kappa shape index (κ2) is 5.52. The Hall–Kier alpha value is -1.09. The van der Waals surface area contributed by atoms with Crippen molar-refractivity contribution in [3.63, 3.8) is 0 Å². The third-order valence-corrected chi connectivity index (χ3v) is 6.26. The third-order valence-electron chi connectivity index (χ3n) is 4.37. The number of ether oxygens (including phenoxy) is 1. The minimum absolute atomic E-state index is 0.316. The first-order valence-corrected chi connectivity index (χ1v) is 8.89. The van der Waals surface area contributed by atoms with E-state index in [9.17, 15) is 8.42 Å². The maximum Gasteiger partial charge on any atom is 0.281 e. The molecule has 7 nitrogen and oxygen atoms in total. The second-order valence-electron chi connectivity index (χ2n) is 6.11. The molecule has 22 heavy (non-hydrogen) atoms. The summed E-state index contributed by atoms with van der Waals surface area (Å²) in [6.07, 6.45) is 4.17. The molecule has 3 heterocycles. The normalized spacial score (nSPS) is 26.4. The number of aromatic nitrogens is 2. The molecule has 0 unspecified atom stereocenters. The minimum atomic E-state index is -3.44. The maximum atomic E-state index is 12.5. The molecule has 0 aromatic carbocycles. The van der Waals surface area contributed by atoms with Gasteiger partial charge in [0.1, 0.15) is 11.4 Å². The van der Waals surface area contributed by atoms with Crippen molar-refractivity contribution in [2.24, 2.45) is 0 Å². The van der Waals surface area contributed by atoms with E-state index < -0.39 is 15.8 Å². The van der Waals surface area contributed by atoms with Gasteiger partial charge in [-0.3, -0.25) is 0 Å². The Morgan fingerprint density at radius 2 is 2.18 bits per heavy atom. The molecule has 1 spiro atoms. The number of nitrogens with zero attached hydrogens (tertiary/aromatic N) is 4. The molecule has 0 radical (unpaired) electrons. The summed E-state index contributed by atoms with van der Waals surface area (Å²) in [5.41, 5.74) is 1.30. The summed E-state index contributed by atoms with van der Waals surface area (Å²) in [5, 5.41) is 0. The third kappa shape index (κ3) is 2.54. The van der Waals surface area contributed by atoms with Crippen LogP contribution in [0.25, 0.3) is 0 Å². The zero-order valence-corrected chi connectivity index (χ0v) is 14.1. The van der Waals surface area contributed by atoms with Gasteiger partial charge in [-0.05, 0) is 31.7 Å². The number of piperidine rings is 1. The van der Waals surface area contributed by atoms with Gasteiger partial charge in [0.25, 0.3) is 10.2 Å². The monoisotopic (exact) mass is 326 g/mol. The van der Waals surface area contributed by atoms with E-state index in [1.807, 2.05) is 13.1 Å². The summed E-state index contributed by atoms with van der Waals surface area (Å²) < 4.78 is 33.7. The molecule has 2 aliphatic rings. The first kappa shape index (κ1) is 15.8. The van der Waals surface area contributed by atoms with Gasteiger partial charge in [-0.25, -0.2) is 9.97 Å². The number of rotatable bonds is 2. The SMILES string of the molecule is Cc1ncc2c(n1)[C@]1(CCCN(S(=O)(=O)N(C)C)C1)OCC2. The van der Waals surface area contributed by atoms with E-state index in [0.29, 0.717) is 25.5 Å². The number of hydrogen-bond acceptors (Lipinski definition) is 5. The van der Waals surface area contributed by atoms with Gasteiger partial charge in [-0.15, -0.1) is 0 Å². The smallest absolute Gasteiger partial charge is 0.281 e. The van der Waals surface area contributed by atoms with Crippen molar-refractivity contribution in [1.29, 1.82) is 0 Å². The van der Waals surface area contributed by atoms with E-state index in [0.717, 1.165) is 30.5 Å². The van der Waals surface area contributed by atoms with E-state index in [2.05, 4.69) is 9.97 Å². The van der Waals surface area contributed by atoms with Crippen LogP contribution in [0.1, 0.15) is 29.9 Å². The Labute approximate surface area is 131 Å². The Morgan fingerprint density at radius 1 is 1.41 bits per heavy atom. The molecular weight excluding hydrogens is 304 g/mol. The standard InChI is InChI=1S/C14H22N4O3S/c1-11-15-9-12-5-8-21-14(13(12)16-11)6-4-7-18(10-14)22(19,20)17(2)3/h9H,4-8,10H2,1-3H3/t14-/m1/s1. The van der Waals surface area contributed by atoms with Crippen LogP contribution in [0.4, 0.5) is 0 Å². The minimum Gasteiger partial charge on any atom is -0.367 e. The lowest BCUT2D eigenvalue weighted by atomic mass is 9.85. The van der Waals surface area contributed by atoms with Gasteiger partial charge in [0.2, 0.25) is 0 Å². The largest absolute Gasteiger partial charge is 0.367 e. The molecule has 0 amide bonds. The fourth-order valence-electron chi connectivity index (χ4n) is 3.22. The zero-order chi connectivity index (χ0) is 16.0. The quantitative estimate of drug-likeness (QED) is 0.789. The predicted octanol–water partition coefficient (Wildman–Crippen LogP) is 0.455. The van der Waals surface area contributed by atoms with Crippen LogP contribution in [0.2, 0.25) is 0 Å². The van der Waals surface area contributed by atoms with Crippen molar-refractivity contribution in [2.75, 3.05) is 33.8 Å². The van der Waals surface area contributed by atoms with Crippen molar-refractivity contribution in [2.45, 2.75) is 31.8 Å². The van der Waals surface area contributed by atoms with Crippen molar-refractivity contribution in [3.05, 3.63) is 23.3 Å². The molecule has 122 valence electrons. The number of aryl methyl sites for hydroxylation is 1. The van der Waals surface area contributed by atoms with Gasteiger partial charge in [0, 0.05) is 33.4 Å².